The topological polar surface area (TPSA) is 34.1 Å². The molecule has 0 aliphatic heterocycles. The van der Waals surface area contributed by atoms with Crippen LogP contribution in [0.1, 0.15) is 12.6 Å². The molecular weight excluding hydrogens is 220 g/mol. The van der Waals surface area contributed by atoms with Gasteiger partial charge in [0.2, 0.25) is 0 Å². The maximum atomic E-state index is 5.00. The Morgan fingerprint density at radius 1 is 1.69 bits per heavy atom. The Hall–Kier alpha value is -0.710. The van der Waals surface area contributed by atoms with Crippen LogP contribution in [-0.2, 0) is 11.2 Å². The molecule has 0 amide bonds. The lowest BCUT2D eigenvalue weighted by molar-refractivity contribution is 0.195. The molecule has 1 aromatic rings. The highest BCUT2D eigenvalue weighted by molar-refractivity contribution is 7.07. The molecule has 0 bridgehead atoms. The minimum absolute atomic E-state index is 0.0574. The van der Waals surface area contributed by atoms with Gasteiger partial charge >= 0.3 is 0 Å². The number of hydrogen-bond donors (Lipinski definition) is 1. The second-order valence-electron chi connectivity index (χ2n) is 4.18. The fourth-order valence-corrected chi connectivity index (χ4v) is 2.05. The number of methoxy groups -OCH3 is 1. The molecule has 16 heavy (non-hydrogen) atoms. The van der Waals surface area contributed by atoms with Gasteiger partial charge < -0.3 is 10.1 Å². The Morgan fingerprint density at radius 2 is 2.50 bits per heavy atom. The normalized spacial score (nSPS) is 14.6. The minimum Gasteiger partial charge on any atom is -0.383 e. The highest BCUT2D eigenvalue weighted by Gasteiger charge is 2.21. The number of nitrogens with one attached hydrogen (secondary N) is 1. The SMILES string of the molecule is C=CC(C)(CNCCOC)Cc1cscn1. The molecule has 0 aliphatic rings. The summed E-state index contributed by atoms with van der Waals surface area (Å²) < 4.78 is 5.00. The lowest BCUT2D eigenvalue weighted by Crippen LogP contribution is -2.33. The molecule has 0 aliphatic carbocycles. The first-order valence-corrected chi connectivity index (χ1v) is 6.35. The smallest absolute Gasteiger partial charge is 0.0794 e. The molecule has 0 saturated carbocycles. The van der Waals surface area contributed by atoms with Crippen LogP contribution in [0, 0.1) is 5.41 Å². The van der Waals surface area contributed by atoms with E-state index in [9.17, 15) is 0 Å². The largest absolute Gasteiger partial charge is 0.383 e. The highest BCUT2D eigenvalue weighted by Crippen LogP contribution is 2.22. The van der Waals surface area contributed by atoms with E-state index in [0.29, 0.717) is 0 Å². The van der Waals surface area contributed by atoms with Gasteiger partial charge in [-0.1, -0.05) is 13.0 Å². The third-order valence-corrected chi connectivity index (χ3v) is 3.21. The van der Waals surface area contributed by atoms with Gasteiger partial charge in [0, 0.05) is 37.4 Å². The van der Waals surface area contributed by atoms with Crippen molar-refractivity contribution in [2.45, 2.75) is 13.3 Å². The van der Waals surface area contributed by atoms with Crippen molar-refractivity contribution in [3.8, 4) is 0 Å². The Labute approximate surface area is 102 Å². The maximum Gasteiger partial charge on any atom is 0.0794 e. The molecule has 1 heterocycles. The summed E-state index contributed by atoms with van der Waals surface area (Å²) in [6, 6.07) is 0. The van der Waals surface area contributed by atoms with Crippen LogP contribution in [0.25, 0.3) is 0 Å². The zero-order chi connectivity index (χ0) is 11.9. The summed E-state index contributed by atoms with van der Waals surface area (Å²) in [5, 5.41) is 5.46. The van der Waals surface area contributed by atoms with E-state index in [0.717, 1.165) is 31.8 Å². The van der Waals surface area contributed by atoms with Crippen LogP contribution in [0.15, 0.2) is 23.5 Å². The predicted molar refractivity (Wildman–Crippen MR) is 68.9 cm³/mol. The number of hydrogen-bond acceptors (Lipinski definition) is 4. The lowest BCUT2D eigenvalue weighted by atomic mass is 9.86. The van der Waals surface area contributed by atoms with Crippen LogP contribution in [0.5, 0.6) is 0 Å². The van der Waals surface area contributed by atoms with Crippen molar-refractivity contribution in [3.05, 3.63) is 29.2 Å². The summed E-state index contributed by atoms with van der Waals surface area (Å²) in [5.74, 6) is 0. The van der Waals surface area contributed by atoms with E-state index < -0.39 is 0 Å². The van der Waals surface area contributed by atoms with Gasteiger partial charge in [0.15, 0.2) is 0 Å². The van der Waals surface area contributed by atoms with E-state index in [4.69, 9.17) is 4.74 Å². The molecular formula is C12H20N2OS. The second kappa shape index (κ2) is 6.78. The summed E-state index contributed by atoms with van der Waals surface area (Å²) >= 11 is 1.64. The molecule has 90 valence electrons. The van der Waals surface area contributed by atoms with Crippen LogP contribution in [0.4, 0.5) is 0 Å². The molecule has 1 unspecified atom stereocenters. The number of aromatic nitrogens is 1. The fourth-order valence-electron chi connectivity index (χ4n) is 1.49. The van der Waals surface area contributed by atoms with Gasteiger partial charge in [-0.3, -0.25) is 0 Å². The fraction of sp³-hybridized carbons (Fsp3) is 0.583. The summed E-state index contributed by atoms with van der Waals surface area (Å²) in [5.41, 5.74) is 3.07. The Balaban J connectivity index is 2.40. The van der Waals surface area contributed by atoms with Crippen molar-refractivity contribution in [1.29, 1.82) is 0 Å². The van der Waals surface area contributed by atoms with Crippen molar-refractivity contribution < 1.29 is 4.74 Å². The van der Waals surface area contributed by atoms with Gasteiger partial charge in [0.05, 0.1) is 17.8 Å². The van der Waals surface area contributed by atoms with Crippen molar-refractivity contribution in [2.75, 3.05) is 26.8 Å². The molecule has 1 rings (SSSR count). The lowest BCUT2D eigenvalue weighted by Gasteiger charge is -2.25. The number of thiazole rings is 1. The summed E-state index contributed by atoms with van der Waals surface area (Å²) in [7, 11) is 1.71. The van der Waals surface area contributed by atoms with Gasteiger partial charge in [-0.25, -0.2) is 4.98 Å². The molecule has 1 atom stereocenters. The molecule has 3 nitrogen and oxygen atoms in total. The van der Waals surface area contributed by atoms with Gasteiger partial charge in [-0.2, -0.15) is 0 Å². The molecule has 0 fully saturated rings. The van der Waals surface area contributed by atoms with Crippen LogP contribution >= 0.6 is 11.3 Å². The van der Waals surface area contributed by atoms with Gasteiger partial charge in [-0.05, 0) is 0 Å². The molecule has 1 N–H and O–H groups in total. The first-order valence-electron chi connectivity index (χ1n) is 5.40. The summed E-state index contributed by atoms with van der Waals surface area (Å²) in [6.07, 6.45) is 2.94. The maximum absolute atomic E-state index is 5.00. The zero-order valence-corrected chi connectivity index (χ0v) is 10.8. The van der Waals surface area contributed by atoms with Crippen LogP contribution in [-0.4, -0.2) is 31.8 Å². The molecule has 1 aromatic heterocycles. The van der Waals surface area contributed by atoms with Crippen LogP contribution < -0.4 is 5.32 Å². The van der Waals surface area contributed by atoms with Crippen molar-refractivity contribution in [1.82, 2.24) is 10.3 Å². The highest BCUT2D eigenvalue weighted by atomic mass is 32.1. The third-order valence-electron chi connectivity index (χ3n) is 2.57. The Kier molecular flexibility index (Phi) is 5.66. The number of nitrogens with zero attached hydrogens (tertiary/aromatic N) is 1. The standard InChI is InChI=1S/C12H20N2OS/c1-4-12(2,9-13-5-6-15-3)7-11-8-16-10-14-11/h4,8,10,13H,1,5-7,9H2,2-3H3. The quantitative estimate of drug-likeness (QED) is 0.558. The Bertz CT molecular complexity index is 300. The first-order chi connectivity index (χ1) is 7.70. The number of ether oxygens (including phenoxy) is 1. The van der Waals surface area contributed by atoms with E-state index in [1.165, 1.54) is 0 Å². The number of rotatable bonds is 8. The van der Waals surface area contributed by atoms with Gasteiger partial charge in [-0.15, -0.1) is 17.9 Å². The van der Waals surface area contributed by atoms with Crippen LogP contribution in [0.2, 0.25) is 0 Å². The van der Waals surface area contributed by atoms with Crippen LogP contribution in [0.3, 0.4) is 0 Å². The monoisotopic (exact) mass is 240 g/mol. The molecule has 0 aromatic carbocycles. The Morgan fingerprint density at radius 3 is 3.06 bits per heavy atom. The summed E-state index contributed by atoms with van der Waals surface area (Å²) in [4.78, 5) is 4.31. The van der Waals surface area contributed by atoms with E-state index in [2.05, 4.69) is 29.2 Å². The van der Waals surface area contributed by atoms with E-state index in [1.807, 2.05) is 11.6 Å². The second-order valence-corrected chi connectivity index (χ2v) is 4.90. The third kappa shape index (κ3) is 4.43. The van der Waals surface area contributed by atoms with Crippen molar-refractivity contribution >= 4 is 11.3 Å². The summed E-state index contributed by atoms with van der Waals surface area (Å²) in [6.45, 7) is 8.62. The average Bonchev–Trinajstić information content (AvgIpc) is 2.77. The van der Waals surface area contributed by atoms with Gasteiger partial charge in [0.25, 0.3) is 0 Å². The van der Waals surface area contributed by atoms with E-state index >= 15 is 0 Å². The zero-order valence-electron chi connectivity index (χ0n) is 10.0. The predicted octanol–water partition coefficient (Wildman–Crippen LogP) is 2.11. The van der Waals surface area contributed by atoms with Crippen molar-refractivity contribution in [2.24, 2.45) is 5.41 Å². The van der Waals surface area contributed by atoms with E-state index in [-0.39, 0.29) is 5.41 Å². The molecule has 4 heteroatoms. The van der Waals surface area contributed by atoms with E-state index in [1.54, 1.807) is 18.4 Å². The average molecular weight is 240 g/mol. The van der Waals surface area contributed by atoms with Gasteiger partial charge in [0.1, 0.15) is 0 Å². The molecule has 0 saturated heterocycles. The minimum atomic E-state index is 0.0574. The molecule has 0 spiro atoms. The first kappa shape index (κ1) is 13.4. The molecule has 0 radical (unpaired) electrons. The van der Waals surface area contributed by atoms with Crippen molar-refractivity contribution in [3.63, 3.8) is 0 Å².